The van der Waals surface area contributed by atoms with Crippen LogP contribution in [-0.2, 0) is 0 Å². The number of imidazole rings is 1. The maximum absolute atomic E-state index is 10.0. The number of nitrogens with one attached hydrogen (secondary N) is 1. The number of hydrogen-bond donors (Lipinski definition) is 3. The van der Waals surface area contributed by atoms with Crippen molar-refractivity contribution in [2.24, 2.45) is 5.73 Å². The number of rotatable bonds is 3. The summed E-state index contributed by atoms with van der Waals surface area (Å²) >= 11 is 0. The number of aliphatic hydroxyl groups is 1. The number of halogens is 1. The second-order valence-corrected chi connectivity index (χ2v) is 7.24. The number of hydrogen-bond acceptors (Lipinski definition) is 6. The molecule has 0 radical (unpaired) electrons. The van der Waals surface area contributed by atoms with E-state index >= 15 is 0 Å². The third-order valence-electron chi connectivity index (χ3n) is 5.33. The number of nitrogens with zero attached hydrogens (tertiary/aromatic N) is 5. The minimum Gasteiger partial charge on any atom is -0.392 e. The highest BCUT2D eigenvalue weighted by Gasteiger charge is 2.32. The lowest BCUT2D eigenvalue weighted by Crippen LogP contribution is -2.40. The molecule has 5 rings (SSSR count). The van der Waals surface area contributed by atoms with Gasteiger partial charge in [-0.15, -0.1) is 17.5 Å². The van der Waals surface area contributed by atoms with Crippen LogP contribution in [0.15, 0.2) is 48.7 Å². The zero-order chi connectivity index (χ0) is 19.1. The third-order valence-corrected chi connectivity index (χ3v) is 5.33. The molecule has 3 aromatic heterocycles. The molecule has 1 saturated carbocycles. The van der Waals surface area contributed by atoms with Crippen LogP contribution in [0.5, 0.6) is 0 Å². The molecule has 1 aromatic carbocycles. The molecular weight excluding hydrogens is 390 g/mol. The van der Waals surface area contributed by atoms with Gasteiger partial charge in [-0.25, -0.2) is 9.97 Å². The molecule has 0 saturated heterocycles. The highest BCUT2D eigenvalue weighted by atomic mass is 35.5. The number of nitrogens with two attached hydrogens (primary N) is 1. The Morgan fingerprint density at radius 3 is 2.66 bits per heavy atom. The summed E-state index contributed by atoms with van der Waals surface area (Å²) in [6.45, 7) is 0. The topological polar surface area (TPSA) is 119 Å². The maximum Gasteiger partial charge on any atom is 0.230 e. The second kappa shape index (κ2) is 7.90. The second-order valence-electron chi connectivity index (χ2n) is 7.24. The molecule has 8 nitrogen and oxygen atoms in total. The fraction of sp³-hybridized carbons (Fsp3) is 0.300. The van der Waals surface area contributed by atoms with Crippen molar-refractivity contribution < 1.29 is 5.11 Å². The first kappa shape index (κ1) is 19.5. The van der Waals surface area contributed by atoms with Gasteiger partial charge in [0, 0.05) is 18.2 Å². The number of aliphatic hydroxyl groups excluding tert-OH is 1. The molecule has 0 bridgehead atoms. The smallest absolute Gasteiger partial charge is 0.230 e. The number of H-pyrrole nitrogens is 1. The summed E-state index contributed by atoms with van der Waals surface area (Å²) in [5, 5.41) is 14.7. The van der Waals surface area contributed by atoms with Crippen molar-refractivity contribution in [2.45, 2.75) is 37.3 Å². The molecule has 0 amide bonds. The Kier molecular flexibility index (Phi) is 5.31. The SMILES string of the molecule is Cl.N[C@@H]1C[C@@H](c2nc(-c3ccccn3)nn2-c2nc3ccccc3[nH]2)CC[C@H]1O. The average Bonchev–Trinajstić information content (AvgIpc) is 3.35. The molecule has 150 valence electrons. The molecule has 3 heterocycles. The van der Waals surface area contributed by atoms with Crippen molar-refractivity contribution >= 4 is 23.4 Å². The fourth-order valence-corrected chi connectivity index (χ4v) is 3.81. The summed E-state index contributed by atoms with van der Waals surface area (Å²) < 4.78 is 1.76. The molecule has 3 atom stereocenters. The van der Waals surface area contributed by atoms with Crippen LogP contribution in [0.1, 0.15) is 31.0 Å². The van der Waals surface area contributed by atoms with Gasteiger partial charge in [0.1, 0.15) is 11.5 Å². The molecule has 29 heavy (non-hydrogen) atoms. The van der Waals surface area contributed by atoms with Gasteiger partial charge in [0.15, 0.2) is 0 Å². The minimum atomic E-state index is -0.464. The van der Waals surface area contributed by atoms with E-state index in [0.717, 1.165) is 23.3 Å². The summed E-state index contributed by atoms with van der Waals surface area (Å²) in [7, 11) is 0. The summed E-state index contributed by atoms with van der Waals surface area (Å²) in [6.07, 6.45) is 3.37. The van der Waals surface area contributed by atoms with Gasteiger partial charge in [-0.2, -0.15) is 4.68 Å². The summed E-state index contributed by atoms with van der Waals surface area (Å²) in [4.78, 5) is 17.2. The molecular formula is C20H22ClN7O. The average molecular weight is 412 g/mol. The zero-order valence-electron chi connectivity index (χ0n) is 15.6. The van der Waals surface area contributed by atoms with Crippen LogP contribution in [-0.4, -0.2) is 47.0 Å². The molecule has 1 fully saturated rings. The number of para-hydroxylation sites is 2. The van der Waals surface area contributed by atoms with Crippen molar-refractivity contribution in [1.29, 1.82) is 0 Å². The summed E-state index contributed by atoms with van der Waals surface area (Å²) in [5.74, 6) is 2.06. The van der Waals surface area contributed by atoms with Crippen LogP contribution in [0, 0.1) is 0 Å². The van der Waals surface area contributed by atoms with Crippen LogP contribution in [0.3, 0.4) is 0 Å². The Morgan fingerprint density at radius 1 is 1.07 bits per heavy atom. The largest absolute Gasteiger partial charge is 0.392 e. The number of fused-ring (bicyclic) bond motifs is 1. The fourth-order valence-electron chi connectivity index (χ4n) is 3.81. The van der Waals surface area contributed by atoms with Crippen LogP contribution >= 0.6 is 12.4 Å². The van der Waals surface area contributed by atoms with Gasteiger partial charge < -0.3 is 15.8 Å². The normalized spacial score (nSPS) is 21.8. The van der Waals surface area contributed by atoms with Crippen LogP contribution in [0.2, 0.25) is 0 Å². The number of aromatic amines is 1. The first-order chi connectivity index (χ1) is 13.7. The van der Waals surface area contributed by atoms with Gasteiger partial charge >= 0.3 is 0 Å². The lowest BCUT2D eigenvalue weighted by Gasteiger charge is -2.30. The Bertz CT molecular complexity index is 1080. The van der Waals surface area contributed by atoms with Crippen LogP contribution in [0.25, 0.3) is 28.5 Å². The molecule has 1 aliphatic rings. The third kappa shape index (κ3) is 3.62. The van der Waals surface area contributed by atoms with E-state index in [1.54, 1.807) is 10.9 Å². The first-order valence-electron chi connectivity index (χ1n) is 9.46. The van der Waals surface area contributed by atoms with E-state index in [1.807, 2.05) is 42.5 Å². The molecule has 0 unspecified atom stereocenters. The highest BCUT2D eigenvalue weighted by molar-refractivity contribution is 5.85. The summed E-state index contributed by atoms with van der Waals surface area (Å²) in [6, 6.07) is 13.3. The Morgan fingerprint density at radius 2 is 1.90 bits per heavy atom. The van der Waals surface area contributed by atoms with E-state index in [1.165, 1.54) is 0 Å². The molecule has 9 heteroatoms. The standard InChI is InChI=1S/C20H21N7O.ClH/c21-13-11-12(8-9-17(13)28)19-25-18(16-7-3-4-10-22-16)26-27(19)20-23-14-5-1-2-6-15(14)24-20;/h1-7,10,12-13,17,28H,8-9,11,21H2,(H,23,24);1H/t12-,13+,17+;/m0./s1. The zero-order valence-corrected chi connectivity index (χ0v) is 16.5. The van der Waals surface area contributed by atoms with E-state index in [2.05, 4.69) is 15.0 Å². The van der Waals surface area contributed by atoms with Gasteiger partial charge in [0.2, 0.25) is 11.8 Å². The van der Waals surface area contributed by atoms with Crippen molar-refractivity contribution in [3.8, 4) is 17.5 Å². The number of benzene rings is 1. The molecule has 4 aromatic rings. The quantitative estimate of drug-likeness (QED) is 0.476. The molecule has 4 N–H and O–H groups in total. The molecule has 0 aliphatic heterocycles. The van der Waals surface area contributed by atoms with Gasteiger partial charge in [0.25, 0.3) is 0 Å². The van der Waals surface area contributed by atoms with E-state index in [9.17, 15) is 5.11 Å². The number of pyridine rings is 1. The summed E-state index contributed by atoms with van der Waals surface area (Å²) in [5.41, 5.74) is 8.65. The predicted octanol–water partition coefficient (Wildman–Crippen LogP) is 2.58. The van der Waals surface area contributed by atoms with E-state index in [-0.39, 0.29) is 24.4 Å². The van der Waals surface area contributed by atoms with Gasteiger partial charge in [-0.1, -0.05) is 18.2 Å². The van der Waals surface area contributed by atoms with Gasteiger partial charge in [-0.05, 0) is 43.5 Å². The van der Waals surface area contributed by atoms with E-state index < -0.39 is 6.10 Å². The monoisotopic (exact) mass is 411 g/mol. The first-order valence-corrected chi connectivity index (χ1v) is 9.46. The molecule has 0 spiro atoms. The molecule has 1 aliphatic carbocycles. The lowest BCUT2D eigenvalue weighted by molar-refractivity contribution is 0.0989. The van der Waals surface area contributed by atoms with E-state index in [0.29, 0.717) is 30.3 Å². The Hall–Kier alpha value is -2.81. The van der Waals surface area contributed by atoms with Crippen LogP contribution < -0.4 is 5.73 Å². The minimum absolute atomic E-state index is 0. The van der Waals surface area contributed by atoms with Crippen molar-refractivity contribution in [3.05, 3.63) is 54.5 Å². The van der Waals surface area contributed by atoms with Crippen molar-refractivity contribution in [1.82, 2.24) is 29.7 Å². The Balaban J connectivity index is 0.00000205. The predicted molar refractivity (Wildman–Crippen MR) is 112 cm³/mol. The number of aromatic nitrogens is 6. The van der Waals surface area contributed by atoms with Crippen molar-refractivity contribution in [2.75, 3.05) is 0 Å². The van der Waals surface area contributed by atoms with Crippen LogP contribution in [0.4, 0.5) is 0 Å². The van der Waals surface area contributed by atoms with Gasteiger partial charge in [-0.3, -0.25) is 4.98 Å². The van der Waals surface area contributed by atoms with Gasteiger partial charge in [0.05, 0.1) is 17.1 Å². The van der Waals surface area contributed by atoms with Crippen molar-refractivity contribution in [3.63, 3.8) is 0 Å². The lowest BCUT2D eigenvalue weighted by atomic mass is 9.84. The van der Waals surface area contributed by atoms with E-state index in [4.69, 9.17) is 15.8 Å². The highest BCUT2D eigenvalue weighted by Crippen LogP contribution is 2.33. The Labute approximate surface area is 173 Å². The maximum atomic E-state index is 10.0.